The van der Waals surface area contributed by atoms with Crippen molar-refractivity contribution in [2.24, 2.45) is 0 Å². The van der Waals surface area contributed by atoms with Crippen molar-refractivity contribution in [1.82, 2.24) is 25.3 Å². The van der Waals surface area contributed by atoms with Crippen molar-refractivity contribution in [2.45, 2.75) is 6.92 Å². The average Bonchev–Trinajstić information content (AvgIpc) is 3.11. The Morgan fingerprint density at radius 2 is 1.67 bits per heavy atom. The number of carbonyl (C=O) groups is 1. The lowest BCUT2D eigenvalue weighted by molar-refractivity contribution is 0.0970. The van der Waals surface area contributed by atoms with E-state index in [0.717, 1.165) is 22.5 Å². The Kier molecular flexibility index (Phi) is 5.68. The van der Waals surface area contributed by atoms with Crippen LogP contribution in [0.25, 0.3) is 23.2 Å². The van der Waals surface area contributed by atoms with Crippen LogP contribution in [0.2, 0.25) is 5.15 Å². The summed E-state index contributed by atoms with van der Waals surface area (Å²) in [6, 6.07) is 22.4. The predicted octanol–water partition coefficient (Wildman–Crippen LogP) is 4.69. The summed E-state index contributed by atoms with van der Waals surface area (Å²) < 4.78 is 1.73. The summed E-state index contributed by atoms with van der Waals surface area (Å²) in [4.78, 5) is 12.3. The fourth-order valence-corrected chi connectivity index (χ4v) is 3.17. The Labute approximate surface area is 178 Å². The first-order chi connectivity index (χ1) is 14.6. The van der Waals surface area contributed by atoms with Crippen LogP contribution in [-0.2, 0) is 0 Å². The molecule has 1 amide bonds. The maximum atomic E-state index is 12.3. The molecule has 2 aromatic carbocycles. The number of nitrogens with zero attached hydrogens (tertiary/aromatic N) is 4. The van der Waals surface area contributed by atoms with E-state index in [2.05, 4.69) is 20.6 Å². The molecule has 0 aliphatic carbocycles. The van der Waals surface area contributed by atoms with Crippen molar-refractivity contribution in [3.63, 3.8) is 0 Å². The number of aromatic nitrogens is 4. The number of hydrogen-bond donors (Lipinski definition) is 1. The van der Waals surface area contributed by atoms with Crippen molar-refractivity contribution in [1.29, 1.82) is 0 Å². The standard InChI is InChI=1S/C23H18ClN5O/c1-16-19(14-15-25-23(30)18-10-6-3-7-11-18)22(17-8-4-2-5-9-17)29(28-16)21-13-12-20(24)26-27-21/h2-15H,1H3,(H,25,30)/b15-14+. The van der Waals surface area contributed by atoms with Crippen LogP contribution in [-0.4, -0.2) is 25.9 Å². The van der Waals surface area contributed by atoms with Crippen molar-refractivity contribution in [3.05, 3.63) is 101 Å². The lowest BCUT2D eigenvalue weighted by atomic mass is 10.1. The first kappa shape index (κ1) is 19.5. The summed E-state index contributed by atoms with van der Waals surface area (Å²) in [5, 5.41) is 15.9. The highest BCUT2D eigenvalue weighted by atomic mass is 35.5. The summed E-state index contributed by atoms with van der Waals surface area (Å²) in [7, 11) is 0. The molecule has 2 heterocycles. The van der Waals surface area contributed by atoms with Crippen LogP contribution < -0.4 is 5.32 Å². The molecule has 0 saturated carbocycles. The number of hydrogen-bond acceptors (Lipinski definition) is 4. The van der Waals surface area contributed by atoms with Crippen molar-refractivity contribution < 1.29 is 4.79 Å². The number of nitrogens with one attached hydrogen (secondary N) is 1. The molecule has 6 nitrogen and oxygen atoms in total. The van der Waals surface area contributed by atoms with E-state index in [0.29, 0.717) is 16.5 Å². The van der Waals surface area contributed by atoms with Crippen LogP contribution in [0.15, 0.2) is 79.0 Å². The van der Waals surface area contributed by atoms with Crippen LogP contribution in [0.4, 0.5) is 0 Å². The van der Waals surface area contributed by atoms with Gasteiger partial charge in [-0.2, -0.15) is 5.10 Å². The van der Waals surface area contributed by atoms with Gasteiger partial charge in [0.15, 0.2) is 11.0 Å². The van der Waals surface area contributed by atoms with E-state index in [-0.39, 0.29) is 5.91 Å². The molecule has 148 valence electrons. The maximum absolute atomic E-state index is 12.3. The molecule has 0 atom stereocenters. The van der Waals surface area contributed by atoms with E-state index in [1.165, 1.54) is 0 Å². The van der Waals surface area contributed by atoms with E-state index in [9.17, 15) is 4.79 Å². The van der Waals surface area contributed by atoms with Gasteiger partial charge in [-0.05, 0) is 37.3 Å². The van der Waals surface area contributed by atoms with Gasteiger partial charge in [-0.25, -0.2) is 4.68 Å². The van der Waals surface area contributed by atoms with Crippen LogP contribution >= 0.6 is 11.6 Å². The summed E-state index contributed by atoms with van der Waals surface area (Å²) in [5.41, 5.74) is 4.05. The topological polar surface area (TPSA) is 72.7 Å². The SMILES string of the molecule is Cc1nn(-c2ccc(Cl)nn2)c(-c2ccccc2)c1/C=C/NC(=O)c1ccccc1. The van der Waals surface area contributed by atoms with Gasteiger partial charge in [0.05, 0.1) is 11.4 Å². The molecule has 0 spiro atoms. The fourth-order valence-electron chi connectivity index (χ4n) is 3.07. The minimum atomic E-state index is -0.179. The average molecular weight is 416 g/mol. The second kappa shape index (κ2) is 8.71. The van der Waals surface area contributed by atoms with E-state index >= 15 is 0 Å². The second-order valence-corrected chi connectivity index (χ2v) is 6.90. The molecule has 4 aromatic rings. The number of halogens is 1. The highest BCUT2D eigenvalue weighted by molar-refractivity contribution is 6.29. The Bertz CT molecular complexity index is 1190. The Balaban J connectivity index is 1.72. The summed E-state index contributed by atoms with van der Waals surface area (Å²) in [6.45, 7) is 1.91. The molecular formula is C23H18ClN5O. The molecule has 1 N–H and O–H groups in total. The van der Waals surface area contributed by atoms with Gasteiger partial charge in [0, 0.05) is 22.9 Å². The molecule has 0 fully saturated rings. The van der Waals surface area contributed by atoms with Gasteiger partial charge in [0.25, 0.3) is 5.91 Å². The van der Waals surface area contributed by atoms with Crippen LogP contribution in [0.1, 0.15) is 21.6 Å². The number of rotatable bonds is 5. The Morgan fingerprint density at radius 3 is 2.33 bits per heavy atom. The largest absolute Gasteiger partial charge is 0.329 e. The van der Waals surface area contributed by atoms with E-state index < -0.39 is 0 Å². The lowest BCUT2D eigenvalue weighted by Gasteiger charge is -2.08. The molecule has 0 aliphatic heterocycles. The zero-order chi connectivity index (χ0) is 20.9. The molecule has 0 bridgehead atoms. The van der Waals surface area contributed by atoms with Crippen molar-refractivity contribution in [2.75, 3.05) is 0 Å². The normalized spacial score (nSPS) is 11.0. The summed E-state index contributed by atoms with van der Waals surface area (Å²) >= 11 is 5.89. The van der Waals surface area contributed by atoms with E-state index in [1.807, 2.05) is 61.5 Å². The summed E-state index contributed by atoms with van der Waals surface area (Å²) in [6.07, 6.45) is 3.47. The number of amides is 1. The number of benzene rings is 2. The molecular weight excluding hydrogens is 398 g/mol. The monoisotopic (exact) mass is 415 g/mol. The van der Waals surface area contributed by atoms with Crippen LogP contribution in [0, 0.1) is 6.92 Å². The van der Waals surface area contributed by atoms with Gasteiger partial charge < -0.3 is 5.32 Å². The predicted molar refractivity (Wildman–Crippen MR) is 117 cm³/mol. The smallest absolute Gasteiger partial charge is 0.255 e. The van der Waals surface area contributed by atoms with Crippen LogP contribution in [0.5, 0.6) is 0 Å². The van der Waals surface area contributed by atoms with Gasteiger partial charge >= 0.3 is 0 Å². The summed E-state index contributed by atoms with van der Waals surface area (Å²) in [5.74, 6) is 0.371. The zero-order valence-electron chi connectivity index (χ0n) is 16.2. The van der Waals surface area contributed by atoms with Crippen LogP contribution in [0.3, 0.4) is 0 Å². The first-order valence-electron chi connectivity index (χ1n) is 9.30. The quantitative estimate of drug-likeness (QED) is 0.513. The first-order valence-corrected chi connectivity index (χ1v) is 9.68. The van der Waals surface area contributed by atoms with E-state index in [1.54, 1.807) is 35.1 Å². The third-order valence-electron chi connectivity index (χ3n) is 4.49. The second-order valence-electron chi connectivity index (χ2n) is 6.51. The fraction of sp³-hybridized carbons (Fsp3) is 0.0435. The van der Waals surface area contributed by atoms with Gasteiger partial charge in [-0.1, -0.05) is 60.1 Å². The molecule has 30 heavy (non-hydrogen) atoms. The molecule has 7 heteroatoms. The third kappa shape index (κ3) is 4.14. The maximum Gasteiger partial charge on any atom is 0.255 e. The molecule has 2 aromatic heterocycles. The van der Waals surface area contributed by atoms with Gasteiger partial charge in [0.1, 0.15) is 0 Å². The molecule has 0 radical (unpaired) electrons. The molecule has 0 saturated heterocycles. The highest BCUT2D eigenvalue weighted by Gasteiger charge is 2.17. The number of aryl methyl sites for hydroxylation is 1. The Hall–Kier alpha value is -3.77. The number of carbonyl (C=O) groups excluding carboxylic acids is 1. The minimum absolute atomic E-state index is 0.179. The third-order valence-corrected chi connectivity index (χ3v) is 4.69. The van der Waals surface area contributed by atoms with Gasteiger partial charge in [-0.15, -0.1) is 10.2 Å². The molecule has 4 rings (SSSR count). The van der Waals surface area contributed by atoms with Crippen molar-refractivity contribution in [3.8, 4) is 17.1 Å². The van der Waals surface area contributed by atoms with Gasteiger partial charge in [0.2, 0.25) is 0 Å². The van der Waals surface area contributed by atoms with E-state index in [4.69, 9.17) is 11.6 Å². The van der Waals surface area contributed by atoms with Gasteiger partial charge in [-0.3, -0.25) is 4.79 Å². The zero-order valence-corrected chi connectivity index (χ0v) is 16.9. The Morgan fingerprint density at radius 1 is 0.967 bits per heavy atom. The molecule has 0 unspecified atom stereocenters. The molecule has 0 aliphatic rings. The lowest BCUT2D eigenvalue weighted by Crippen LogP contribution is -2.16. The van der Waals surface area contributed by atoms with Crippen molar-refractivity contribution >= 4 is 23.6 Å². The highest BCUT2D eigenvalue weighted by Crippen LogP contribution is 2.29. The minimum Gasteiger partial charge on any atom is -0.329 e.